The van der Waals surface area contributed by atoms with Crippen LogP contribution in [0.1, 0.15) is 49.1 Å². The fraction of sp³-hybridized carbons (Fsp3) is 0.724. The van der Waals surface area contributed by atoms with Crippen LogP contribution in [0, 0.1) is 24.1 Å². The zero-order valence-corrected chi connectivity index (χ0v) is 23.3. The molecule has 38 heavy (non-hydrogen) atoms. The maximum Gasteiger partial charge on any atom is 0.230 e. The van der Waals surface area contributed by atoms with E-state index in [9.17, 15) is 14.0 Å². The van der Waals surface area contributed by atoms with Gasteiger partial charge in [-0.05, 0) is 56.2 Å². The third-order valence-corrected chi connectivity index (χ3v) is 9.09. The van der Waals surface area contributed by atoms with E-state index in [1.807, 2.05) is 15.9 Å². The highest BCUT2D eigenvalue weighted by molar-refractivity contribution is 5.88. The van der Waals surface area contributed by atoms with Crippen LogP contribution in [-0.2, 0) is 23.8 Å². The monoisotopic (exact) mass is 533 g/mol. The van der Waals surface area contributed by atoms with Crippen LogP contribution in [-0.4, -0.2) is 101 Å². The van der Waals surface area contributed by atoms with Crippen LogP contribution in [0.5, 0.6) is 0 Å². The van der Waals surface area contributed by atoms with Gasteiger partial charge >= 0.3 is 0 Å². The molecule has 3 aliphatic rings. The Labute approximate surface area is 226 Å². The summed E-state index contributed by atoms with van der Waals surface area (Å²) in [5, 5.41) is 3.45. The molecule has 0 unspecified atom stereocenters. The van der Waals surface area contributed by atoms with Crippen molar-refractivity contribution < 1.29 is 28.2 Å². The number of hydrogen-bond donors (Lipinski definition) is 1. The SMILES string of the molecule is COCC[C@]1(C(=O)N2CCC(OC)CC2)CNC[C@@H](C(=O)N2CCC(OC)CC2)[C@H]1c1cccc(F)c1C. The lowest BCUT2D eigenvalue weighted by Crippen LogP contribution is -2.62. The van der Waals surface area contributed by atoms with E-state index in [0.717, 1.165) is 31.2 Å². The summed E-state index contributed by atoms with van der Waals surface area (Å²) in [6.45, 7) is 5.42. The topological polar surface area (TPSA) is 80.3 Å². The second-order valence-corrected chi connectivity index (χ2v) is 11.1. The molecule has 0 saturated carbocycles. The van der Waals surface area contributed by atoms with Crippen molar-refractivity contribution in [3.05, 3.63) is 35.1 Å². The molecule has 0 bridgehead atoms. The first kappa shape index (κ1) is 28.9. The summed E-state index contributed by atoms with van der Waals surface area (Å²) in [6, 6.07) is 5.04. The molecule has 0 radical (unpaired) electrons. The van der Waals surface area contributed by atoms with Crippen LogP contribution in [0.15, 0.2) is 18.2 Å². The largest absolute Gasteiger partial charge is 0.385 e. The van der Waals surface area contributed by atoms with Crippen LogP contribution in [0.2, 0.25) is 0 Å². The minimum absolute atomic E-state index is 0.0147. The number of benzene rings is 1. The second kappa shape index (κ2) is 12.9. The van der Waals surface area contributed by atoms with Crippen molar-refractivity contribution in [3.63, 3.8) is 0 Å². The number of nitrogens with zero attached hydrogens (tertiary/aromatic N) is 2. The van der Waals surface area contributed by atoms with Gasteiger partial charge in [-0.2, -0.15) is 0 Å². The first-order valence-corrected chi connectivity index (χ1v) is 13.9. The van der Waals surface area contributed by atoms with Gasteiger partial charge in [0.2, 0.25) is 11.8 Å². The minimum Gasteiger partial charge on any atom is -0.385 e. The Kier molecular flexibility index (Phi) is 9.79. The van der Waals surface area contributed by atoms with E-state index in [1.165, 1.54) is 6.07 Å². The lowest BCUT2D eigenvalue weighted by Gasteiger charge is -2.51. The molecular weight excluding hydrogens is 489 g/mol. The minimum atomic E-state index is -0.947. The number of rotatable bonds is 8. The van der Waals surface area contributed by atoms with Gasteiger partial charge in [-0.15, -0.1) is 0 Å². The molecule has 1 N–H and O–H groups in total. The van der Waals surface area contributed by atoms with E-state index >= 15 is 0 Å². The van der Waals surface area contributed by atoms with Crippen LogP contribution >= 0.6 is 0 Å². The quantitative estimate of drug-likeness (QED) is 0.554. The molecular formula is C29H44FN3O5. The van der Waals surface area contributed by atoms with E-state index in [-0.39, 0.29) is 29.8 Å². The molecule has 0 spiro atoms. The number of amides is 2. The summed E-state index contributed by atoms with van der Waals surface area (Å²) < 4.78 is 31.5. The van der Waals surface area contributed by atoms with Gasteiger partial charge < -0.3 is 29.3 Å². The van der Waals surface area contributed by atoms with Crippen LogP contribution in [0.4, 0.5) is 4.39 Å². The predicted octanol–water partition coefficient (Wildman–Crippen LogP) is 2.73. The maximum atomic E-state index is 15.0. The molecule has 4 rings (SSSR count). The van der Waals surface area contributed by atoms with Crippen molar-refractivity contribution in [1.29, 1.82) is 0 Å². The molecule has 9 heteroatoms. The number of nitrogens with one attached hydrogen (secondary N) is 1. The summed E-state index contributed by atoms with van der Waals surface area (Å²) in [6.07, 6.45) is 3.86. The molecule has 8 nitrogen and oxygen atoms in total. The Morgan fingerprint density at radius 1 is 1.00 bits per heavy atom. The number of ether oxygens (including phenoxy) is 3. The smallest absolute Gasteiger partial charge is 0.230 e. The number of likely N-dealkylation sites (tertiary alicyclic amines) is 2. The third kappa shape index (κ3) is 5.76. The van der Waals surface area contributed by atoms with Crippen molar-refractivity contribution in [2.45, 2.75) is 57.2 Å². The summed E-state index contributed by atoms with van der Waals surface area (Å²) in [5.41, 5.74) is 0.300. The number of methoxy groups -OCH3 is 3. The molecule has 212 valence electrons. The van der Waals surface area contributed by atoms with E-state index in [0.29, 0.717) is 57.9 Å². The standard InChI is InChI=1S/C29H44FN3O5/c1-20-23(6-5-7-25(20)30)26-24(27(34)32-13-8-21(37-3)9-14-32)18-31-19-29(26,12-17-36-2)28(35)33-15-10-22(38-4)11-16-33/h5-7,21-22,24,26,31H,8-19H2,1-4H3/t24-,26-,29+/m1/s1. The highest BCUT2D eigenvalue weighted by Gasteiger charge is 2.55. The van der Waals surface area contributed by atoms with Gasteiger partial charge in [0.1, 0.15) is 5.82 Å². The van der Waals surface area contributed by atoms with Crippen molar-refractivity contribution >= 4 is 11.8 Å². The lowest BCUT2D eigenvalue weighted by atomic mass is 9.60. The fourth-order valence-corrected chi connectivity index (χ4v) is 6.77. The number of halogens is 1. The van der Waals surface area contributed by atoms with Crippen LogP contribution in [0.25, 0.3) is 0 Å². The van der Waals surface area contributed by atoms with Crippen LogP contribution < -0.4 is 5.32 Å². The summed E-state index contributed by atoms with van der Waals surface area (Å²) in [4.78, 5) is 32.5. The van der Waals surface area contributed by atoms with Crippen molar-refractivity contribution in [3.8, 4) is 0 Å². The molecule has 0 aromatic heterocycles. The molecule has 3 atom stereocenters. The average molecular weight is 534 g/mol. The average Bonchev–Trinajstić information content (AvgIpc) is 2.96. The third-order valence-electron chi connectivity index (χ3n) is 9.09. The summed E-state index contributed by atoms with van der Waals surface area (Å²) in [7, 11) is 5.05. The second-order valence-electron chi connectivity index (χ2n) is 11.1. The summed E-state index contributed by atoms with van der Waals surface area (Å²) >= 11 is 0. The Morgan fingerprint density at radius 2 is 1.61 bits per heavy atom. The van der Waals surface area contributed by atoms with E-state index in [2.05, 4.69) is 5.32 Å². The van der Waals surface area contributed by atoms with Crippen molar-refractivity contribution in [1.82, 2.24) is 15.1 Å². The molecule has 0 aliphatic carbocycles. The Hall–Kier alpha value is -2.07. The van der Waals surface area contributed by atoms with E-state index in [4.69, 9.17) is 14.2 Å². The van der Waals surface area contributed by atoms with Gasteiger partial charge in [0, 0.05) is 73.1 Å². The van der Waals surface area contributed by atoms with E-state index < -0.39 is 17.3 Å². The number of piperidine rings is 3. The predicted molar refractivity (Wildman–Crippen MR) is 142 cm³/mol. The number of carbonyl (C=O) groups excluding carboxylic acids is 2. The number of carbonyl (C=O) groups is 2. The van der Waals surface area contributed by atoms with Gasteiger partial charge in [0.05, 0.1) is 23.5 Å². The maximum absolute atomic E-state index is 15.0. The molecule has 1 aromatic carbocycles. The lowest BCUT2D eigenvalue weighted by molar-refractivity contribution is -0.153. The molecule has 3 heterocycles. The Morgan fingerprint density at radius 3 is 2.18 bits per heavy atom. The van der Waals surface area contributed by atoms with Crippen LogP contribution in [0.3, 0.4) is 0 Å². The zero-order chi connectivity index (χ0) is 27.3. The normalized spacial score (nSPS) is 27.5. The highest BCUT2D eigenvalue weighted by Crippen LogP contribution is 2.49. The zero-order valence-electron chi connectivity index (χ0n) is 23.3. The molecule has 2 amide bonds. The van der Waals surface area contributed by atoms with Crippen molar-refractivity contribution in [2.75, 3.05) is 67.2 Å². The molecule has 3 aliphatic heterocycles. The first-order valence-electron chi connectivity index (χ1n) is 13.9. The van der Waals surface area contributed by atoms with E-state index in [1.54, 1.807) is 34.3 Å². The Bertz CT molecular complexity index is 962. The molecule has 3 fully saturated rings. The number of hydrogen-bond acceptors (Lipinski definition) is 6. The van der Waals surface area contributed by atoms with Gasteiger partial charge in [0.25, 0.3) is 0 Å². The van der Waals surface area contributed by atoms with Gasteiger partial charge in [-0.25, -0.2) is 4.39 Å². The molecule has 3 saturated heterocycles. The fourth-order valence-electron chi connectivity index (χ4n) is 6.77. The first-order chi connectivity index (χ1) is 18.4. The molecule has 1 aromatic rings. The summed E-state index contributed by atoms with van der Waals surface area (Å²) in [5.74, 6) is -1.26. The van der Waals surface area contributed by atoms with Gasteiger partial charge in [0.15, 0.2) is 0 Å². The van der Waals surface area contributed by atoms with Gasteiger partial charge in [-0.1, -0.05) is 12.1 Å². The van der Waals surface area contributed by atoms with Gasteiger partial charge in [-0.3, -0.25) is 9.59 Å². The Balaban J connectivity index is 1.75. The highest BCUT2D eigenvalue weighted by atomic mass is 19.1. The van der Waals surface area contributed by atoms with Crippen molar-refractivity contribution in [2.24, 2.45) is 11.3 Å².